The van der Waals surface area contributed by atoms with Crippen LogP contribution in [0.15, 0.2) is 24.3 Å². The first kappa shape index (κ1) is 13.6. The third-order valence-corrected chi connectivity index (χ3v) is 4.49. The summed E-state index contributed by atoms with van der Waals surface area (Å²) in [6, 6.07) is 8.38. The second-order valence-corrected chi connectivity index (χ2v) is 5.80. The van der Waals surface area contributed by atoms with Crippen molar-refractivity contribution in [2.24, 2.45) is 11.7 Å². The molecule has 0 radical (unpaired) electrons. The van der Waals surface area contributed by atoms with E-state index in [1.807, 2.05) is 7.11 Å². The Hall–Kier alpha value is -0.860. The Labute approximate surface area is 111 Å². The van der Waals surface area contributed by atoms with Crippen molar-refractivity contribution >= 4 is 0 Å². The quantitative estimate of drug-likeness (QED) is 0.886. The number of hydrogen-bond donors (Lipinski definition) is 1. The molecule has 3 atom stereocenters. The summed E-state index contributed by atoms with van der Waals surface area (Å²) >= 11 is 0. The summed E-state index contributed by atoms with van der Waals surface area (Å²) in [5.74, 6) is 0.703. The first-order valence-corrected chi connectivity index (χ1v) is 6.95. The van der Waals surface area contributed by atoms with Crippen LogP contribution >= 0.6 is 0 Å². The zero-order valence-electron chi connectivity index (χ0n) is 11.8. The molecule has 2 rings (SSSR count). The standard InChI is InChI=1S/C16H25NO/c1-12-7-6-10-16(11-12,18-3)15(17)14-9-5-4-8-13(14)2/h4-5,8-9,12,15H,6-7,10-11,17H2,1-3H3. The van der Waals surface area contributed by atoms with Crippen LogP contribution in [-0.4, -0.2) is 12.7 Å². The summed E-state index contributed by atoms with van der Waals surface area (Å²) in [5, 5.41) is 0. The highest BCUT2D eigenvalue weighted by Gasteiger charge is 2.41. The maximum Gasteiger partial charge on any atom is 0.0873 e. The first-order valence-electron chi connectivity index (χ1n) is 6.95. The molecule has 1 aromatic rings. The van der Waals surface area contributed by atoms with E-state index in [2.05, 4.69) is 38.1 Å². The minimum Gasteiger partial charge on any atom is -0.376 e. The summed E-state index contributed by atoms with van der Waals surface area (Å²) < 4.78 is 5.90. The van der Waals surface area contributed by atoms with E-state index in [0.29, 0.717) is 5.92 Å². The first-order chi connectivity index (χ1) is 8.59. The monoisotopic (exact) mass is 247 g/mol. The average molecular weight is 247 g/mol. The molecule has 2 N–H and O–H groups in total. The van der Waals surface area contributed by atoms with Crippen LogP contribution in [0.3, 0.4) is 0 Å². The highest BCUT2D eigenvalue weighted by atomic mass is 16.5. The Morgan fingerprint density at radius 2 is 2.11 bits per heavy atom. The third kappa shape index (κ3) is 2.45. The Balaban J connectivity index is 2.30. The summed E-state index contributed by atoms with van der Waals surface area (Å²) in [5.41, 5.74) is 8.87. The number of benzene rings is 1. The van der Waals surface area contributed by atoms with Crippen molar-refractivity contribution in [3.8, 4) is 0 Å². The molecule has 18 heavy (non-hydrogen) atoms. The molecule has 0 aliphatic heterocycles. The van der Waals surface area contributed by atoms with Gasteiger partial charge in [-0.05, 0) is 36.8 Å². The van der Waals surface area contributed by atoms with Crippen LogP contribution in [-0.2, 0) is 4.74 Å². The molecule has 3 unspecified atom stereocenters. The lowest BCUT2D eigenvalue weighted by Gasteiger charge is -2.43. The predicted molar refractivity (Wildman–Crippen MR) is 75.5 cm³/mol. The molecule has 2 nitrogen and oxygen atoms in total. The fraction of sp³-hybridized carbons (Fsp3) is 0.625. The lowest BCUT2D eigenvalue weighted by Crippen LogP contribution is -2.46. The van der Waals surface area contributed by atoms with Gasteiger partial charge in [-0.1, -0.05) is 44.0 Å². The Morgan fingerprint density at radius 1 is 1.39 bits per heavy atom. The van der Waals surface area contributed by atoms with Crippen LogP contribution in [0.5, 0.6) is 0 Å². The van der Waals surface area contributed by atoms with Crippen molar-refractivity contribution in [3.63, 3.8) is 0 Å². The van der Waals surface area contributed by atoms with Gasteiger partial charge in [0.25, 0.3) is 0 Å². The van der Waals surface area contributed by atoms with Crippen LogP contribution in [0.4, 0.5) is 0 Å². The zero-order valence-corrected chi connectivity index (χ0v) is 11.8. The minimum absolute atomic E-state index is 0.0218. The molecular weight excluding hydrogens is 222 g/mol. The Kier molecular flexibility index (Phi) is 4.08. The van der Waals surface area contributed by atoms with Crippen LogP contribution < -0.4 is 5.73 Å². The molecule has 0 amide bonds. The SMILES string of the molecule is COC1(C(N)c2ccccc2C)CCCC(C)C1. The van der Waals surface area contributed by atoms with Crippen molar-refractivity contribution in [1.29, 1.82) is 0 Å². The molecule has 1 aromatic carbocycles. The van der Waals surface area contributed by atoms with Crippen LogP contribution in [0.25, 0.3) is 0 Å². The maximum absolute atomic E-state index is 6.55. The summed E-state index contributed by atoms with van der Waals surface area (Å²) in [6.07, 6.45) is 4.66. The van der Waals surface area contributed by atoms with Gasteiger partial charge in [0.05, 0.1) is 11.6 Å². The zero-order chi connectivity index (χ0) is 13.2. The topological polar surface area (TPSA) is 35.2 Å². The van der Waals surface area contributed by atoms with Gasteiger partial charge in [-0.2, -0.15) is 0 Å². The average Bonchev–Trinajstić information content (AvgIpc) is 2.38. The molecule has 0 heterocycles. The number of aryl methyl sites for hydroxylation is 1. The lowest BCUT2D eigenvalue weighted by molar-refractivity contribution is -0.0719. The molecule has 1 saturated carbocycles. The van der Waals surface area contributed by atoms with Crippen molar-refractivity contribution in [1.82, 2.24) is 0 Å². The van der Waals surface area contributed by atoms with Gasteiger partial charge in [0.2, 0.25) is 0 Å². The van der Waals surface area contributed by atoms with Crippen LogP contribution in [0, 0.1) is 12.8 Å². The number of ether oxygens (including phenoxy) is 1. The van der Waals surface area contributed by atoms with E-state index >= 15 is 0 Å². The summed E-state index contributed by atoms with van der Waals surface area (Å²) in [7, 11) is 1.82. The summed E-state index contributed by atoms with van der Waals surface area (Å²) in [6.45, 7) is 4.43. The number of nitrogens with two attached hydrogens (primary N) is 1. The highest BCUT2D eigenvalue weighted by Crippen LogP contribution is 2.42. The van der Waals surface area contributed by atoms with Gasteiger partial charge in [0.1, 0.15) is 0 Å². The van der Waals surface area contributed by atoms with Gasteiger partial charge in [-0.15, -0.1) is 0 Å². The Morgan fingerprint density at radius 3 is 2.72 bits per heavy atom. The van der Waals surface area contributed by atoms with Gasteiger partial charge < -0.3 is 10.5 Å². The molecule has 2 heteroatoms. The van der Waals surface area contributed by atoms with Crippen LogP contribution in [0.1, 0.15) is 49.8 Å². The number of rotatable bonds is 3. The highest BCUT2D eigenvalue weighted by molar-refractivity contribution is 5.31. The van der Waals surface area contributed by atoms with E-state index in [0.717, 1.165) is 12.8 Å². The van der Waals surface area contributed by atoms with E-state index in [4.69, 9.17) is 10.5 Å². The van der Waals surface area contributed by atoms with E-state index < -0.39 is 0 Å². The number of methoxy groups -OCH3 is 1. The molecule has 0 saturated heterocycles. The van der Waals surface area contributed by atoms with E-state index in [-0.39, 0.29) is 11.6 Å². The van der Waals surface area contributed by atoms with Crippen LogP contribution in [0.2, 0.25) is 0 Å². The third-order valence-electron chi connectivity index (χ3n) is 4.49. The van der Waals surface area contributed by atoms with E-state index in [1.54, 1.807) is 0 Å². The molecular formula is C16H25NO. The van der Waals surface area contributed by atoms with E-state index in [1.165, 1.54) is 24.0 Å². The molecule has 1 aliphatic rings. The van der Waals surface area contributed by atoms with E-state index in [9.17, 15) is 0 Å². The molecule has 1 aliphatic carbocycles. The van der Waals surface area contributed by atoms with Gasteiger partial charge >= 0.3 is 0 Å². The molecule has 0 bridgehead atoms. The molecule has 0 aromatic heterocycles. The largest absolute Gasteiger partial charge is 0.376 e. The minimum atomic E-state index is -0.177. The smallest absolute Gasteiger partial charge is 0.0873 e. The van der Waals surface area contributed by atoms with Crippen molar-refractivity contribution in [2.45, 2.75) is 51.2 Å². The van der Waals surface area contributed by atoms with Crippen molar-refractivity contribution in [3.05, 3.63) is 35.4 Å². The maximum atomic E-state index is 6.55. The lowest BCUT2D eigenvalue weighted by atomic mass is 9.72. The predicted octanol–water partition coefficient (Wildman–Crippen LogP) is 3.59. The Bertz CT molecular complexity index is 404. The van der Waals surface area contributed by atoms with Gasteiger partial charge in [-0.25, -0.2) is 0 Å². The van der Waals surface area contributed by atoms with Gasteiger partial charge in [0, 0.05) is 7.11 Å². The molecule has 100 valence electrons. The summed E-state index contributed by atoms with van der Waals surface area (Å²) in [4.78, 5) is 0. The van der Waals surface area contributed by atoms with Gasteiger partial charge in [0.15, 0.2) is 0 Å². The number of hydrogen-bond acceptors (Lipinski definition) is 2. The normalized spacial score (nSPS) is 30.1. The van der Waals surface area contributed by atoms with Gasteiger partial charge in [-0.3, -0.25) is 0 Å². The molecule has 0 spiro atoms. The second-order valence-electron chi connectivity index (χ2n) is 5.80. The fourth-order valence-electron chi connectivity index (χ4n) is 3.36. The van der Waals surface area contributed by atoms with Crippen molar-refractivity contribution < 1.29 is 4.74 Å². The second kappa shape index (κ2) is 5.41. The fourth-order valence-corrected chi connectivity index (χ4v) is 3.36. The molecule has 1 fully saturated rings. The van der Waals surface area contributed by atoms with Crippen molar-refractivity contribution in [2.75, 3.05) is 7.11 Å².